The van der Waals surface area contributed by atoms with Gasteiger partial charge in [-0.1, -0.05) is 23.7 Å². The van der Waals surface area contributed by atoms with E-state index in [1.54, 1.807) is 36.4 Å². The lowest BCUT2D eigenvalue weighted by atomic mass is 10.2. The number of nitrogen functional groups attached to an aromatic ring is 1. The van der Waals surface area contributed by atoms with Crippen LogP contribution in [0.25, 0.3) is 6.08 Å². The third-order valence-electron chi connectivity index (χ3n) is 2.57. The Labute approximate surface area is 120 Å². The van der Waals surface area contributed by atoms with Gasteiger partial charge in [-0.15, -0.1) is 0 Å². The van der Waals surface area contributed by atoms with Crippen molar-refractivity contribution in [2.75, 3.05) is 11.1 Å². The van der Waals surface area contributed by atoms with E-state index in [1.165, 1.54) is 18.2 Å². The summed E-state index contributed by atoms with van der Waals surface area (Å²) in [5.41, 5.74) is 7.33. The van der Waals surface area contributed by atoms with E-state index < -0.39 is 0 Å². The standard InChI is InChI=1S/C15H12ClFN2O/c16-11-4-7-14(13(18)9-11)19-15(20)8-3-10-1-5-12(17)6-2-10/h1-9H,18H2,(H,19,20)/b8-3+. The molecule has 3 nitrogen and oxygen atoms in total. The second-order valence-electron chi connectivity index (χ2n) is 4.11. The second-order valence-corrected chi connectivity index (χ2v) is 4.54. The Morgan fingerprint density at radius 1 is 1.20 bits per heavy atom. The highest BCUT2D eigenvalue weighted by atomic mass is 35.5. The summed E-state index contributed by atoms with van der Waals surface area (Å²) >= 11 is 5.77. The smallest absolute Gasteiger partial charge is 0.248 e. The number of benzene rings is 2. The number of amides is 1. The number of hydrogen-bond donors (Lipinski definition) is 2. The van der Waals surface area contributed by atoms with Gasteiger partial charge >= 0.3 is 0 Å². The molecule has 0 heterocycles. The monoisotopic (exact) mass is 290 g/mol. The highest BCUT2D eigenvalue weighted by molar-refractivity contribution is 6.31. The van der Waals surface area contributed by atoms with E-state index in [4.69, 9.17) is 17.3 Å². The molecular weight excluding hydrogens is 279 g/mol. The van der Waals surface area contributed by atoms with E-state index in [0.29, 0.717) is 16.4 Å². The zero-order valence-corrected chi connectivity index (χ0v) is 11.2. The van der Waals surface area contributed by atoms with E-state index in [-0.39, 0.29) is 11.7 Å². The molecule has 0 aliphatic heterocycles. The van der Waals surface area contributed by atoms with Gasteiger partial charge in [-0.3, -0.25) is 4.79 Å². The van der Waals surface area contributed by atoms with Gasteiger partial charge in [-0.25, -0.2) is 4.39 Å². The van der Waals surface area contributed by atoms with Gasteiger partial charge in [-0.05, 0) is 42.0 Å². The summed E-state index contributed by atoms with van der Waals surface area (Å²) in [5, 5.41) is 3.14. The second kappa shape index (κ2) is 6.21. The third-order valence-corrected chi connectivity index (χ3v) is 2.80. The first-order chi connectivity index (χ1) is 9.54. The lowest BCUT2D eigenvalue weighted by Crippen LogP contribution is -2.09. The first-order valence-electron chi connectivity index (χ1n) is 5.84. The fourth-order valence-corrected chi connectivity index (χ4v) is 1.75. The molecule has 0 radical (unpaired) electrons. The summed E-state index contributed by atoms with van der Waals surface area (Å²) in [6, 6.07) is 10.6. The molecule has 2 rings (SSSR count). The van der Waals surface area contributed by atoms with E-state index >= 15 is 0 Å². The number of halogens is 2. The zero-order chi connectivity index (χ0) is 14.5. The molecule has 0 unspecified atom stereocenters. The Balaban J connectivity index is 2.03. The van der Waals surface area contributed by atoms with Crippen LogP contribution in [0.5, 0.6) is 0 Å². The maximum atomic E-state index is 12.7. The van der Waals surface area contributed by atoms with Gasteiger partial charge in [0.15, 0.2) is 0 Å². The van der Waals surface area contributed by atoms with Crippen molar-refractivity contribution in [1.82, 2.24) is 0 Å². The lowest BCUT2D eigenvalue weighted by molar-refractivity contribution is -0.111. The van der Waals surface area contributed by atoms with Crippen LogP contribution in [-0.2, 0) is 4.79 Å². The number of rotatable bonds is 3. The summed E-state index contributed by atoms with van der Waals surface area (Å²) in [5.74, 6) is -0.649. The molecule has 0 atom stereocenters. The molecule has 102 valence electrons. The van der Waals surface area contributed by atoms with Gasteiger partial charge in [-0.2, -0.15) is 0 Å². The average molecular weight is 291 g/mol. The summed E-state index contributed by atoms with van der Waals surface area (Å²) in [4.78, 5) is 11.7. The zero-order valence-electron chi connectivity index (χ0n) is 10.4. The summed E-state index contributed by atoms with van der Waals surface area (Å²) in [6.45, 7) is 0. The minimum Gasteiger partial charge on any atom is -0.397 e. The molecule has 1 amide bonds. The van der Waals surface area contributed by atoms with Crippen LogP contribution in [0.15, 0.2) is 48.5 Å². The number of anilines is 2. The van der Waals surface area contributed by atoms with Gasteiger partial charge in [0, 0.05) is 11.1 Å². The van der Waals surface area contributed by atoms with Crippen molar-refractivity contribution in [2.45, 2.75) is 0 Å². The number of hydrogen-bond acceptors (Lipinski definition) is 2. The minimum absolute atomic E-state index is 0.319. The van der Waals surface area contributed by atoms with Crippen molar-refractivity contribution in [2.24, 2.45) is 0 Å². The molecule has 3 N–H and O–H groups in total. The maximum absolute atomic E-state index is 12.7. The van der Waals surface area contributed by atoms with Crippen molar-refractivity contribution in [3.05, 3.63) is 64.9 Å². The number of carbonyl (C=O) groups is 1. The molecule has 0 aromatic heterocycles. The van der Waals surface area contributed by atoms with Crippen LogP contribution in [0.1, 0.15) is 5.56 Å². The number of carbonyl (C=O) groups excluding carboxylic acids is 1. The predicted molar refractivity (Wildman–Crippen MR) is 79.9 cm³/mol. The van der Waals surface area contributed by atoms with Crippen molar-refractivity contribution >= 4 is 35.0 Å². The molecule has 0 saturated heterocycles. The van der Waals surface area contributed by atoms with Crippen LogP contribution in [0.2, 0.25) is 5.02 Å². The van der Waals surface area contributed by atoms with Crippen molar-refractivity contribution in [3.63, 3.8) is 0 Å². The Bertz CT molecular complexity index is 653. The average Bonchev–Trinajstić information content (AvgIpc) is 2.41. The largest absolute Gasteiger partial charge is 0.397 e. The van der Waals surface area contributed by atoms with Crippen molar-refractivity contribution in [3.8, 4) is 0 Å². The molecule has 0 aliphatic rings. The van der Waals surface area contributed by atoms with Crippen LogP contribution >= 0.6 is 11.6 Å². The van der Waals surface area contributed by atoms with Crippen LogP contribution in [0.3, 0.4) is 0 Å². The molecule has 0 saturated carbocycles. The summed E-state index contributed by atoms with van der Waals surface area (Å²) in [6.07, 6.45) is 2.93. The Morgan fingerprint density at radius 2 is 1.90 bits per heavy atom. The van der Waals surface area contributed by atoms with Gasteiger partial charge in [0.2, 0.25) is 5.91 Å². The number of nitrogens with one attached hydrogen (secondary N) is 1. The topological polar surface area (TPSA) is 55.1 Å². The van der Waals surface area contributed by atoms with Crippen LogP contribution in [0.4, 0.5) is 15.8 Å². The van der Waals surface area contributed by atoms with Gasteiger partial charge in [0.05, 0.1) is 11.4 Å². The molecule has 0 spiro atoms. The summed E-state index contributed by atoms with van der Waals surface area (Å²) in [7, 11) is 0. The molecule has 0 bridgehead atoms. The molecule has 0 aliphatic carbocycles. The fourth-order valence-electron chi connectivity index (χ4n) is 1.57. The Hall–Kier alpha value is -2.33. The van der Waals surface area contributed by atoms with Gasteiger partial charge in [0.1, 0.15) is 5.82 Å². The van der Waals surface area contributed by atoms with E-state index in [0.717, 1.165) is 5.56 Å². The van der Waals surface area contributed by atoms with Crippen molar-refractivity contribution in [1.29, 1.82) is 0 Å². The molecule has 0 fully saturated rings. The van der Waals surface area contributed by atoms with Crippen LogP contribution in [-0.4, -0.2) is 5.91 Å². The molecule has 5 heteroatoms. The summed E-state index contributed by atoms with van der Waals surface area (Å²) < 4.78 is 12.7. The first-order valence-corrected chi connectivity index (χ1v) is 6.22. The third kappa shape index (κ3) is 3.83. The Kier molecular flexibility index (Phi) is 4.38. The fraction of sp³-hybridized carbons (Fsp3) is 0. The SMILES string of the molecule is Nc1cc(Cl)ccc1NC(=O)/C=C/c1ccc(F)cc1. The van der Waals surface area contributed by atoms with Gasteiger partial charge in [0.25, 0.3) is 0 Å². The van der Waals surface area contributed by atoms with Crippen LogP contribution in [0, 0.1) is 5.82 Å². The van der Waals surface area contributed by atoms with E-state index in [9.17, 15) is 9.18 Å². The molecule has 20 heavy (non-hydrogen) atoms. The van der Waals surface area contributed by atoms with Gasteiger partial charge < -0.3 is 11.1 Å². The quantitative estimate of drug-likeness (QED) is 0.669. The highest BCUT2D eigenvalue weighted by Crippen LogP contribution is 2.22. The van der Waals surface area contributed by atoms with Crippen LogP contribution < -0.4 is 11.1 Å². The molecule has 2 aromatic carbocycles. The normalized spacial score (nSPS) is 10.7. The minimum atomic E-state index is -0.330. The van der Waals surface area contributed by atoms with E-state index in [2.05, 4.69) is 5.32 Å². The maximum Gasteiger partial charge on any atom is 0.248 e. The number of nitrogens with two attached hydrogens (primary N) is 1. The Morgan fingerprint density at radius 3 is 2.55 bits per heavy atom. The lowest BCUT2D eigenvalue weighted by Gasteiger charge is -2.06. The molecular formula is C15H12ClFN2O. The van der Waals surface area contributed by atoms with E-state index in [1.807, 2.05) is 0 Å². The van der Waals surface area contributed by atoms with Crippen molar-refractivity contribution < 1.29 is 9.18 Å². The highest BCUT2D eigenvalue weighted by Gasteiger charge is 2.02. The predicted octanol–water partition coefficient (Wildman–Crippen LogP) is 3.71. The first kappa shape index (κ1) is 14.1. The molecule has 2 aromatic rings.